The van der Waals surface area contributed by atoms with Gasteiger partial charge in [-0.15, -0.1) is 6.58 Å². The normalized spacial score (nSPS) is 10.2. The molecule has 0 saturated carbocycles. The summed E-state index contributed by atoms with van der Waals surface area (Å²) in [5, 5.41) is 0. The summed E-state index contributed by atoms with van der Waals surface area (Å²) >= 11 is 0. The fourth-order valence-electron chi connectivity index (χ4n) is 1.82. The quantitative estimate of drug-likeness (QED) is 0.645. The van der Waals surface area contributed by atoms with Crippen molar-refractivity contribution in [1.82, 2.24) is 4.90 Å². The van der Waals surface area contributed by atoms with Crippen LogP contribution in [-0.2, 0) is 0 Å². The number of anilines is 1. The molecule has 4 heteroatoms. The lowest BCUT2D eigenvalue weighted by Crippen LogP contribution is -2.32. The highest BCUT2D eigenvalue weighted by Crippen LogP contribution is 2.19. The maximum Gasteiger partial charge on any atom is 0.257 e. The van der Waals surface area contributed by atoms with E-state index in [0.29, 0.717) is 24.3 Å². The standard InChI is InChI=1S/C14H19FN2O/c1-4-6-17(7-5-2)14(18)12-9-11(16)8-10(3)13(12)15/h4,8-9H,1,5-7,16H2,2-3H3. The van der Waals surface area contributed by atoms with E-state index in [9.17, 15) is 9.18 Å². The second-order valence-electron chi connectivity index (χ2n) is 4.24. The van der Waals surface area contributed by atoms with Crippen molar-refractivity contribution in [3.05, 3.63) is 41.7 Å². The average Bonchev–Trinajstić information content (AvgIpc) is 2.32. The maximum absolute atomic E-state index is 13.9. The van der Waals surface area contributed by atoms with Gasteiger partial charge in [0, 0.05) is 18.8 Å². The van der Waals surface area contributed by atoms with Gasteiger partial charge >= 0.3 is 0 Å². The van der Waals surface area contributed by atoms with Crippen LogP contribution in [0, 0.1) is 12.7 Å². The summed E-state index contributed by atoms with van der Waals surface area (Å²) in [5.74, 6) is -0.844. The van der Waals surface area contributed by atoms with Crippen LogP contribution in [0.1, 0.15) is 29.3 Å². The van der Waals surface area contributed by atoms with E-state index >= 15 is 0 Å². The van der Waals surface area contributed by atoms with Crippen LogP contribution in [0.4, 0.5) is 10.1 Å². The Morgan fingerprint density at radius 2 is 2.22 bits per heavy atom. The molecule has 0 heterocycles. The van der Waals surface area contributed by atoms with Crippen LogP contribution in [0.3, 0.4) is 0 Å². The molecule has 0 aromatic heterocycles. The molecule has 0 saturated heterocycles. The fourth-order valence-corrected chi connectivity index (χ4v) is 1.82. The lowest BCUT2D eigenvalue weighted by atomic mass is 10.1. The molecule has 18 heavy (non-hydrogen) atoms. The maximum atomic E-state index is 13.9. The first-order valence-electron chi connectivity index (χ1n) is 5.97. The Bertz CT molecular complexity index is 457. The average molecular weight is 250 g/mol. The second-order valence-corrected chi connectivity index (χ2v) is 4.24. The van der Waals surface area contributed by atoms with Crippen LogP contribution in [0.2, 0.25) is 0 Å². The highest BCUT2D eigenvalue weighted by molar-refractivity contribution is 5.95. The molecule has 1 rings (SSSR count). The van der Waals surface area contributed by atoms with Crippen molar-refractivity contribution in [3.63, 3.8) is 0 Å². The van der Waals surface area contributed by atoms with Gasteiger partial charge in [0.15, 0.2) is 0 Å². The minimum atomic E-state index is -0.501. The van der Waals surface area contributed by atoms with Crippen LogP contribution >= 0.6 is 0 Å². The van der Waals surface area contributed by atoms with E-state index in [4.69, 9.17) is 5.73 Å². The summed E-state index contributed by atoms with van der Waals surface area (Å²) < 4.78 is 13.9. The van der Waals surface area contributed by atoms with E-state index in [1.54, 1.807) is 17.9 Å². The number of aryl methyl sites for hydroxylation is 1. The molecule has 0 radical (unpaired) electrons. The van der Waals surface area contributed by atoms with Gasteiger partial charge in [0.25, 0.3) is 5.91 Å². The molecule has 0 spiro atoms. The minimum Gasteiger partial charge on any atom is -0.399 e. The van der Waals surface area contributed by atoms with Crippen molar-refractivity contribution in [3.8, 4) is 0 Å². The van der Waals surface area contributed by atoms with Gasteiger partial charge in [-0.1, -0.05) is 13.0 Å². The minimum absolute atomic E-state index is 0.0304. The van der Waals surface area contributed by atoms with Crippen LogP contribution in [0.5, 0.6) is 0 Å². The molecule has 0 bridgehead atoms. The number of nitrogens with zero attached hydrogens (tertiary/aromatic N) is 1. The fraction of sp³-hybridized carbons (Fsp3) is 0.357. The highest BCUT2D eigenvalue weighted by Gasteiger charge is 2.19. The van der Waals surface area contributed by atoms with Crippen molar-refractivity contribution >= 4 is 11.6 Å². The Kier molecular flexibility index (Phi) is 4.89. The van der Waals surface area contributed by atoms with Gasteiger partial charge in [-0.25, -0.2) is 4.39 Å². The van der Waals surface area contributed by atoms with Crippen LogP contribution < -0.4 is 5.73 Å². The number of rotatable bonds is 5. The number of carbonyl (C=O) groups is 1. The molecule has 0 aliphatic carbocycles. The predicted molar refractivity (Wildman–Crippen MR) is 71.9 cm³/mol. The predicted octanol–water partition coefficient (Wildman–Crippen LogP) is 2.75. The zero-order chi connectivity index (χ0) is 13.7. The number of hydrogen-bond acceptors (Lipinski definition) is 2. The third-order valence-corrected chi connectivity index (χ3v) is 2.64. The van der Waals surface area contributed by atoms with Crippen molar-refractivity contribution in [2.45, 2.75) is 20.3 Å². The molecule has 3 nitrogen and oxygen atoms in total. The number of nitrogens with two attached hydrogens (primary N) is 1. The monoisotopic (exact) mass is 250 g/mol. The smallest absolute Gasteiger partial charge is 0.257 e. The molecule has 1 amide bonds. The lowest BCUT2D eigenvalue weighted by molar-refractivity contribution is 0.0769. The Morgan fingerprint density at radius 3 is 2.78 bits per heavy atom. The van der Waals surface area contributed by atoms with Crippen LogP contribution in [-0.4, -0.2) is 23.9 Å². The summed E-state index contributed by atoms with van der Waals surface area (Å²) in [6.07, 6.45) is 2.44. The second kappa shape index (κ2) is 6.19. The SMILES string of the molecule is C=CCN(CCC)C(=O)c1cc(N)cc(C)c1F. The zero-order valence-electron chi connectivity index (χ0n) is 10.9. The van der Waals surface area contributed by atoms with Gasteiger partial charge in [0.1, 0.15) is 5.82 Å². The van der Waals surface area contributed by atoms with Gasteiger partial charge < -0.3 is 10.6 Å². The van der Waals surface area contributed by atoms with Crippen molar-refractivity contribution in [1.29, 1.82) is 0 Å². The summed E-state index contributed by atoms with van der Waals surface area (Å²) in [4.78, 5) is 13.8. The van der Waals surface area contributed by atoms with Crippen LogP contribution in [0.25, 0.3) is 0 Å². The number of halogens is 1. The first kappa shape index (κ1) is 14.2. The van der Waals surface area contributed by atoms with Gasteiger partial charge in [0.2, 0.25) is 0 Å². The molecule has 0 unspecified atom stereocenters. The summed E-state index contributed by atoms with van der Waals surface area (Å²) in [7, 11) is 0. The van der Waals surface area contributed by atoms with E-state index in [1.807, 2.05) is 6.92 Å². The largest absolute Gasteiger partial charge is 0.399 e. The molecular weight excluding hydrogens is 231 g/mol. The van der Waals surface area contributed by atoms with Gasteiger partial charge in [0.05, 0.1) is 5.56 Å². The van der Waals surface area contributed by atoms with Crippen molar-refractivity contribution < 1.29 is 9.18 Å². The lowest BCUT2D eigenvalue weighted by Gasteiger charge is -2.21. The molecular formula is C14H19FN2O. The molecule has 0 atom stereocenters. The number of amides is 1. The Hall–Kier alpha value is -1.84. The Labute approximate surface area is 107 Å². The summed E-state index contributed by atoms with van der Waals surface area (Å²) in [6, 6.07) is 2.90. The molecule has 1 aromatic rings. The Balaban J connectivity index is 3.11. The summed E-state index contributed by atoms with van der Waals surface area (Å²) in [6.45, 7) is 8.13. The topological polar surface area (TPSA) is 46.3 Å². The summed E-state index contributed by atoms with van der Waals surface area (Å²) in [5.41, 5.74) is 6.47. The van der Waals surface area contributed by atoms with Crippen molar-refractivity contribution in [2.24, 2.45) is 0 Å². The van der Waals surface area contributed by atoms with E-state index in [-0.39, 0.29) is 11.5 Å². The first-order valence-corrected chi connectivity index (χ1v) is 5.97. The third kappa shape index (κ3) is 3.09. The number of carbonyl (C=O) groups excluding carboxylic acids is 1. The van der Waals surface area contributed by atoms with Crippen molar-refractivity contribution in [2.75, 3.05) is 18.8 Å². The van der Waals surface area contributed by atoms with Gasteiger partial charge in [-0.2, -0.15) is 0 Å². The number of nitrogen functional groups attached to an aromatic ring is 1. The Morgan fingerprint density at radius 1 is 1.56 bits per heavy atom. The molecule has 2 N–H and O–H groups in total. The van der Waals surface area contributed by atoms with Gasteiger partial charge in [-0.05, 0) is 31.0 Å². The zero-order valence-corrected chi connectivity index (χ0v) is 10.9. The molecule has 98 valence electrons. The third-order valence-electron chi connectivity index (χ3n) is 2.64. The van der Waals surface area contributed by atoms with E-state index in [0.717, 1.165) is 6.42 Å². The highest BCUT2D eigenvalue weighted by atomic mass is 19.1. The molecule has 1 aromatic carbocycles. The molecule has 0 aliphatic heterocycles. The number of benzene rings is 1. The molecule has 0 fully saturated rings. The first-order chi connectivity index (χ1) is 8.51. The van der Waals surface area contributed by atoms with E-state index in [2.05, 4.69) is 6.58 Å². The van der Waals surface area contributed by atoms with Crippen LogP contribution in [0.15, 0.2) is 24.8 Å². The van der Waals surface area contributed by atoms with Gasteiger partial charge in [-0.3, -0.25) is 4.79 Å². The van der Waals surface area contributed by atoms with E-state index < -0.39 is 5.82 Å². The van der Waals surface area contributed by atoms with E-state index in [1.165, 1.54) is 12.1 Å². The molecule has 0 aliphatic rings. The number of hydrogen-bond donors (Lipinski definition) is 1.